The van der Waals surface area contributed by atoms with Crippen molar-refractivity contribution < 1.29 is 4.73 Å². The van der Waals surface area contributed by atoms with Gasteiger partial charge in [-0.3, -0.25) is 0 Å². The summed E-state index contributed by atoms with van der Waals surface area (Å²) >= 11 is 10.0. The molecule has 0 aliphatic rings. The number of fused-ring (bicyclic) bond motifs is 1. The Balaban J connectivity index is 2.82. The van der Waals surface area contributed by atoms with Crippen LogP contribution < -0.4 is 4.73 Å². The lowest BCUT2D eigenvalue weighted by molar-refractivity contribution is -0.585. The molecule has 0 atom stereocenters. The van der Waals surface area contributed by atoms with Crippen LogP contribution in [0.5, 0.6) is 0 Å². The monoisotopic (exact) mass is 408 g/mol. The van der Waals surface area contributed by atoms with Gasteiger partial charge in [0.2, 0.25) is 11.2 Å². The number of alkyl halides is 2. The highest BCUT2D eigenvalue weighted by atomic mass is 79.9. The first-order chi connectivity index (χ1) is 7.67. The van der Waals surface area contributed by atoms with Gasteiger partial charge in [0.15, 0.2) is 0 Å². The Morgan fingerprint density at radius 3 is 2.62 bits per heavy atom. The van der Waals surface area contributed by atoms with E-state index in [1.165, 1.54) is 0 Å². The van der Waals surface area contributed by atoms with E-state index in [-0.39, 0.29) is 0 Å². The fraction of sp³-hybridized carbons (Fsp3) is 0.200. The Kier molecular flexibility index (Phi) is 3.81. The SMILES string of the molecule is [O-][n+]1c(CBr)c(CBr)nc2cc(Br)ccc21. The van der Waals surface area contributed by atoms with Crippen molar-refractivity contribution in [2.24, 2.45) is 0 Å². The van der Waals surface area contributed by atoms with E-state index >= 15 is 0 Å². The van der Waals surface area contributed by atoms with Crippen molar-refractivity contribution in [2.75, 3.05) is 0 Å². The summed E-state index contributed by atoms with van der Waals surface area (Å²) in [6.07, 6.45) is 0. The summed E-state index contributed by atoms with van der Waals surface area (Å²) < 4.78 is 1.85. The fourth-order valence-corrected chi connectivity index (χ4v) is 2.82. The number of benzene rings is 1. The molecule has 1 aromatic carbocycles. The van der Waals surface area contributed by atoms with Gasteiger partial charge in [0, 0.05) is 10.5 Å². The summed E-state index contributed by atoms with van der Waals surface area (Å²) in [7, 11) is 0. The van der Waals surface area contributed by atoms with Gasteiger partial charge in [-0.15, -0.1) is 0 Å². The van der Waals surface area contributed by atoms with Crippen LogP contribution in [0.2, 0.25) is 0 Å². The quantitative estimate of drug-likeness (QED) is 0.432. The van der Waals surface area contributed by atoms with E-state index < -0.39 is 0 Å². The van der Waals surface area contributed by atoms with Crippen molar-refractivity contribution >= 4 is 58.8 Å². The smallest absolute Gasteiger partial charge is 0.242 e. The van der Waals surface area contributed by atoms with Crippen molar-refractivity contribution in [2.45, 2.75) is 10.7 Å². The average Bonchev–Trinajstić information content (AvgIpc) is 2.28. The van der Waals surface area contributed by atoms with Crippen molar-refractivity contribution in [3.8, 4) is 0 Å². The first kappa shape index (κ1) is 12.3. The van der Waals surface area contributed by atoms with Crippen molar-refractivity contribution in [3.63, 3.8) is 0 Å². The summed E-state index contributed by atoms with van der Waals surface area (Å²) in [6, 6.07) is 5.45. The molecule has 0 unspecified atom stereocenters. The number of halogens is 3. The standard InChI is InChI=1S/C10H7Br3N2O/c11-4-8-10(5-12)15(16)9-2-1-6(13)3-7(9)14-8/h1-3H,4-5H2. The molecule has 0 bridgehead atoms. The zero-order valence-corrected chi connectivity index (χ0v) is 12.8. The molecule has 1 aromatic heterocycles. The van der Waals surface area contributed by atoms with Crippen molar-refractivity contribution in [1.82, 2.24) is 4.98 Å². The highest BCUT2D eigenvalue weighted by molar-refractivity contribution is 9.10. The number of hydrogen-bond donors (Lipinski definition) is 0. The number of nitrogens with zero attached hydrogens (tertiary/aromatic N) is 2. The molecule has 2 rings (SSSR count). The van der Waals surface area contributed by atoms with E-state index in [1.807, 2.05) is 12.1 Å². The van der Waals surface area contributed by atoms with Crippen LogP contribution in [0.1, 0.15) is 11.4 Å². The maximum absolute atomic E-state index is 12.1. The molecule has 6 heteroatoms. The first-order valence-corrected chi connectivity index (χ1v) is 7.53. The summed E-state index contributed by atoms with van der Waals surface area (Å²) in [5, 5.41) is 13.1. The van der Waals surface area contributed by atoms with E-state index in [1.54, 1.807) is 6.07 Å². The topological polar surface area (TPSA) is 39.8 Å². The summed E-state index contributed by atoms with van der Waals surface area (Å²) in [6.45, 7) is 0. The molecule has 0 aliphatic carbocycles. The van der Waals surface area contributed by atoms with Crippen LogP contribution in [0, 0.1) is 5.21 Å². The van der Waals surface area contributed by atoms with E-state index in [4.69, 9.17) is 0 Å². The van der Waals surface area contributed by atoms with Gasteiger partial charge in [-0.1, -0.05) is 47.8 Å². The number of rotatable bonds is 2. The Hall–Kier alpha value is -0.200. The van der Waals surface area contributed by atoms with Crippen molar-refractivity contribution in [1.29, 1.82) is 0 Å². The second-order valence-corrected chi connectivity index (χ2v) is 5.24. The minimum Gasteiger partial charge on any atom is -0.618 e. The third-order valence-corrected chi connectivity index (χ3v) is 3.80. The predicted molar refractivity (Wildman–Crippen MR) is 73.7 cm³/mol. The molecule has 0 amide bonds. The highest BCUT2D eigenvalue weighted by Gasteiger charge is 2.17. The highest BCUT2D eigenvalue weighted by Crippen LogP contribution is 2.19. The summed E-state index contributed by atoms with van der Waals surface area (Å²) in [4.78, 5) is 4.46. The van der Waals surface area contributed by atoms with Gasteiger partial charge in [-0.25, -0.2) is 4.98 Å². The second-order valence-electron chi connectivity index (χ2n) is 3.20. The summed E-state index contributed by atoms with van der Waals surface area (Å²) in [5.74, 6) is 0. The number of aromatic nitrogens is 2. The van der Waals surface area contributed by atoms with Crippen LogP contribution in [0.15, 0.2) is 22.7 Å². The average molecular weight is 411 g/mol. The van der Waals surface area contributed by atoms with E-state index in [2.05, 4.69) is 52.8 Å². The third-order valence-electron chi connectivity index (χ3n) is 2.24. The van der Waals surface area contributed by atoms with Gasteiger partial charge in [-0.05, 0) is 12.1 Å². The molecule has 0 spiro atoms. The second kappa shape index (κ2) is 4.98. The van der Waals surface area contributed by atoms with Crippen LogP contribution >= 0.6 is 47.8 Å². The minimum atomic E-state index is 0.496. The van der Waals surface area contributed by atoms with Crippen LogP contribution in [-0.4, -0.2) is 4.98 Å². The van der Waals surface area contributed by atoms with Crippen LogP contribution in [0.4, 0.5) is 0 Å². The molecule has 0 N–H and O–H groups in total. The lowest BCUT2D eigenvalue weighted by Gasteiger charge is -2.08. The van der Waals surface area contributed by atoms with E-state index in [0.29, 0.717) is 27.4 Å². The molecule has 0 fully saturated rings. The normalized spacial score (nSPS) is 10.9. The zero-order valence-electron chi connectivity index (χ0n) is 8.08. The fourth-order valence-electron chi connectivity index (χ4n) is 1.47. The maximum atomic E-state index is 12.1. The molecule has 0 aliphatic heterocycles. The maximum Gasteiger partial charge on any atom is 0.242 e. The molecular weight excluding hydrogens is 404 g/mol. The predicted octanol–water partition coefficient (Wildman–Crippen LogP) is 3.42. The van der Waals surface area contributed by atoms with Gasteiger partial charge in [0.05, 0.1) is 10.7 Å². The Bertz CT molecular complexity index is 545. The van der Waals surface area contributed by atoms with E-state index in [0.717, 1.165) is 14.9 Å². The Morgan fingerprint density at radius 1 is 1.25 bits per heavy atom. The molecule has 0 radical (unpaired) electrons. The Labute approximate surface area is 118 Å². The Morgan fingerprint density at radius 2 is 2.00 bits per heavy atom. The molecule has 84 valence electrons. The molecule has 1 heterocycles. The first-order valence-electron chi connectivity index (χ1n) is 4.50. The molecular formula is C10H7Br3N2O. The van der Waals surface area contributed by atoms with Gasteiger partial charge in [0.25, 0.3) is 0 Å². The lowest BCUT2D eigenvalue weighted by atomic mass is 10.2. The van der Waals surface area contributed by atoms with Gasteiger partial charge in [0.1, 0.15) is 11.2 Å². The third kappa shape index (κ3) is 2.10. The van der Waals surface area contributed by atoms with Crippen LogP contribution in [0.3, 0.4) is 0 Å². The summed E-state index contributed by atoms with van der Waals surface area (Å²) in [5.41, 5.74) is 2.69. The number of hydrogen-bond acceptors (Lipinski definition) is 2. The molecule has 16 heavy (non-hydrogen) atoms. The van der Waals surface area contributed by atoms with E-state index in [9.17, 15) is 5.21 Å². The van der Waals surface area contributed by atoms with Gasteiger partial charge in [-0.2, -0.15) is 4.73 Å². The lowest BCUT2D eigenvalue weighted by Crippen LogP contribution is -2.34. The molecule has 0 saturated heterocycles. The molecule has 3 nitrogen and oxygen atoms in total. The van der Waals surface area contributed by atoms with Gasteiger partial charge < -0.3 is 5.21 Å². The van der Waals surface area contributed by atoms with Crippen LogP contribution in [-0.2, 0) is 10.7 Å². The minimum absolute atomic E-state index is 0.496. The van der Waals surface area contributed by atoms with Crippen molar-refractivity contribution in [3.05, 3.63) is 39.3 Å². The molecule has 2 aromatic rings. The largest absolute Gasteiger partial charge is 0.618 e. The zero-order chi connectivity index (χ0) is 11.7. The van der Waals surface area contributed by atoms with Crippen LogP contribution in [0.25, 0.3) is 11.0 Å². The van der Waals surface area contributed by atoms with Gasteiger partial charge >= 0.3 is 0 Å². The molecule has 0 saturated carbocycles.